The lowest BCUT2D eigenvalue weighted by Crippen LogP contribution is -2.53. The van der Waals surface area contributed by atoms with Crippen LogP contribution in [0.5, 0.6) is 0 Å². The third-order valence-corrected chi connectivity index (χ3v) is 6.39. The number of hydrogen-bond donors (Lipinski definition) is 0. The molecule has 0 aliphatic carbocycles. The van der Waals surface area contributed by atoms with Crippen molar-refractivity contribution < 1.29 is 0 Å². The van der Waals surface area contributed by atoms with Gasteiger partial charge in [-0.3, -0.25) is 4.90 Å². The molecule has 2 fully saturated rings. The van der Waals surface area contributed by atoms with Crippen molar-refractivity contribution in [1.82, 2.24) is 9.80 Å². The molecule has 2 aromatic rings. The average Bonchev–Trinajstić information content (AvgIpc) is 2.74. The number of piperidine rings is 1. The molecular weight excluding hydrogens is 354 g/mol. The predicted octanol–water partition coefficient (Wildman–Crippen LogP) is 4.17. The Kier molecular flexibility index (Phi) is 6.33. The van der Waals surface area contributed by atoms with Gasteiger partial charge in [-0.2, -0.15) is 0 Å². The number of hydrogen-bond acceptors (Lipinski definition) is 3. The monoisotopic (exact) mass is 383 g/mol. The normalized spacial score (nSPS) is 20.1. The van der Waals surface area contributed by atoms with Crippen molar-refractivity contribution in [2.24, 2.45) is 0 Å². The number of rotatable bonds is 5. The second-order valence-electron chi connectivity index (χ2n) is 7.81. The van der Waals surface area contributed by atoms with E-state index in [4.69, 9.17) is 11.6 Å². The van der Waals surface area contributed by atoms with E-state index >= 15 is 0 Å². The van der Waals surface area contributed by atoms with Gasteiger partial charge in [0.15, 0.2) is 0 Å². The van der Waals surface area contributed by atoms with Crippen LogP contribution < -0.4 is 4.90 Å². The molecule has 4 heteroatoms. The minimum atomic E-state index is 0.769. The number of piperazine rings is 1. The van der Waals surface area contributed by atoms with E-state index in [9.17, 15) is 0 Å². The van der Waals surface area contributed by atoms with Crippen molar-refractivity contribution in [1.29, 1.82) is 0 Å². The summed E-state index contributed by atoms with van der Waals surface area (Å²) >= 11 is 6.01. The Bertz CT molecular complexity index is 687. The van der Waals surface area contributed by atoms with Gasteiger partial charge in [0, 0.05) is 49.5 Å². The van der Waals surface area contributed by atoms with Gasteiger partial charge >= 0.3 is 0 Å². The maximum absolute atomic E-state index is 6.01. The summed E-state index contributed by atoms with van der Waals surface area (Å²) in [5, 5.41) is 0.816. The molecule has 0 radical (unpaired) electrons. The van der Waals surface area contributed by atoms with Crippen LogP contribution in [0.3, 0.4) is 0 Å². The molecule has 0 saturated carbocycles. The highest BCUT2D eigenvalue weighted by Crippen LogP contribution is 2.23. The molecule has 0 amide bonds. The Morgan fingerprint density at radius 2 is 1.44 bits per heavy atom. The van der Waals surface area contributed by atoms with Gasteiger partial charge in [-0.05, 0) is 62.2 Å². The molecule has 4 rings (SSSR count). The molecule has 3 nitrogen and oxygen atoms in total. The zero-order chi connectivity index (χ0) is 18.5. The van der Waals surface area contributed by atoms with Gasteiger partial charge in [0.05, 0.1) is 0 Å². The van der Waals surface area contributed by atoms with Crippen LogP contribution in [-0.2, 0) is 6.42 Å². The van der Waals surface area contributed by atoms with Crippen molar-refractivity contribution in [3.63, 3.8) is 0 Å². The van der Waals surface area contributed by atoms with Crippen molar-refractivity contribution in [2.45, 2.75) is 25.3 Å². The van der Waals surface area contributed by atoms with Crippen LogP contribution in [0.1, 0.15) is 18.4 Å². The molecule has 0 N–H and O–H groups in total. The van der Waals surface area contributed by atoms with Gasteiger partial charge in [0.2, 0.25) is 0 Å². The first kappa shape index (κ1) is 18.8. The summed E-state index contributed by atoms with van der Waals surface area (Å²) in [5.41, 5.74) is 2.76. The fraction of sp³-hybridized carbons (Fsp3) is 0.478. The van der Waals surface area contributed by atoms with E-state index in [1.54, 1.807) is 0 Å². The summed E-state index contributed by atoms with van der Waals surface area (Å²) in [4.78, 5) is 7.86. The van der Waals surface area contributed by atoms with Crippen LogP contribution >= 0.6 is 11.6 Å². The van der Waals surface area contributed by atoms with Crippen molar-refractivity contribution in [2.75, 3.05) is 50.7 Å². The average molecular weight is 384 g/mol. The standard InChI is InChI=1S/C23H30ClN3/c24-21-6-8-22(9-7-21)26-16-18-27(19-17-26)23-11-14-25(15-12-23)13-10-20-4-2-1-3-5-20/h1-9,23H,10-19H2. The van der Waals surface area contributed by atoms with E-state index < -0.39 is 0 Å². The lowest BCUT2D eigenvalue weighted by atomic mass is 10.0. The smallest absolute Gasteiger partial charge is 0.0407 e. The number of halogens is 1. The molecule has 0 bridgehead atoms. The molecule has 2 saturated heterocycles. The summed E-state index contributed by atoms with van der Waals surface area (Å²) in [6.07, 6.45) is 3.80. The fourth-order valence-electron chi connectivity index (χ4n) is 4.44. The van der Waals surface area contributed by atoms with Gasteiger partial charge in [-0.1, -0.05) is 41.9 Å². The predicted molar refractivity (Wildman–Crippen MR) is 115 cm³/mol. The summed E-state index contributed by atoms with van der Waals surface area (Å²) < 4.78 is 0. The molecule has 27 heavy (non-hydrogen) atoms. The van der Waals surface area contributed by atoms with Crippen molar-refractivity contribution in [3.8, 4) is 0 Å². The lowest BCUT2D eigenvalue weighted by Gasteiger charge is -2.43. The van der Waals surface area contributed by atoms with Crippen LogP contribution in [0.4, 0.5) is 5.69 Å². The van der Waals surface area contributed by atoms with Crippen molar-refractivity contribution >= 4 is 17.3 Å². The molecule has 144 valence electrons. The second kappa shape index (κ2) is 9.09. The van der Waals surface area contributed by atoms with Crippen LogP contribution in [0.25, 0.3) is 0 Å². The Hall–Kier alpha value is -1.55. The largest absolute Gasteiger partial charge is 0.369 e. The summed E-state index contributed by atoms with van der Waals surface area (Å²) in [5.74, 6) is 0. The van der Waals surface area contributed by atoms with E-state index in [1.165, 1.54) is 63.2 Å². The first-order chi connectivity index (χ1) is 13.3. The highest BCUT2D eigenvalue weighted by molar-refractivity contribution is 6.30. The zero-order valence-corrected chi connectivity index (χ0v) is 16.8. The fourth-order valence-corrected chi connectivity index (χ4v) is 4.56. The first-order valence-electron chi connectivity index (χ1n) is 10.3. The maximum Gasteiger partial charge on any atom is 0.0407 e. The van der Waals surface area contributed by atoms with E-state index in [-0.39, 0.29) is 0 Å². The Balaban J connectivity index is 1.20. The van der Waals surface area contributed by atoms with Crippen LogP contribution in [-0.4, -0.2) is 61.7 Å². The lowest BCUT2D eigenvalue weighted by molar-refractivity contribution is 0.104. The molecule has 2 aromatic carbocycles. The third kappa shape index (κ3) is 5.04. The molecular formula is C23H30ClN3. The molecule has 2 aliphatic rings. The Morgan fingerprint density at radius 1 is 0.778 bits per heavy atom. The number of benzene rings is 2. The highest BCUT2D eigenvalue weighted by Gasteiger charge is 2.27. The van der Waals surface area contributed by atoms with E-state index in [1.807, 2.05) is 12.1 Å². The van der Waals surface area contributed by atoms with Gasteiger partial charge in [-0.15, -0.1) is 0 Å². The van der Waals surface area contributed by atoms with E-state index in [0.29, 0.717) is 0 Å². The summed E-state index contributed by atoms with van der Waals surface area (Å²) in [7, 11) is 0. The molecule has 0 atom stereocenters. The van der Waals surface area contributed by atoms with Crippen LogP contribution in [0.15, 0.2) is 54.6 Å². The molecule has 2 aliphatic heterocycles. The van der Waals surface area contributed by atoms with Gasteiger partial charge in [0.25, 0.3) is 0 Å². The van der Waals surface area contributed by atoms with Gasteiger partial charge < -0.3 is 9.80 Å². The first-order valence-corrected chi connectivity index (χ1v) is 10.7. The third-order valence-electron chi connectivity index (χ3n) is 6.14. The van der Waals surface area contributed by atoms with E-state index in [0.717, 1.165) is 24.2 Å². The molecule has 2 heterocycles. The topological polar surface area (TPSA) is 9.72 Å². The van der Waals surface area contributed by atoms with Crippen molar-refractivity contribution in [3.05, 3.63) is 65.2 Å². The van der Waals surface area contributed by atoms with Gasteiger partial charge in [-0.25, -0.2) is 0 Å². The van der Waals surface area contributed by atoms with E-state index in [2.05, 4.69) is 57.2 Å². The van der Waals surface area contributed by atoms with Crippen LogP contribution in [0, 0.1) is 0 Å². The minimum absolute atomic E-state index is 0.769. The molecule has 0 spiro atoms. The zero-order valence-electron chi connectivity index (χ0n) is 16.1. The number of nitrogens with zero attached hydrogens (tertiary/aromatic N) is 3. The SMILES string of the molecule is Clc1ccc(N2CCN(C3CCN(CCc4ccccc4)CC3)CC2)cc1. The van der Waals surface area contributed by atoms with Gasteiger partial charge in [0.1, 0.15) is 0 Å². The molecule has 0 aromatic heterocycles. The van der Waals surface area contributed by atoms with Crippen LogP contribution in [0.2, 0.25) is 5.02 Å². The summed E-state index contributed by atoms with van der Waals surface area (Å²) in [6, 6.07) is 19.9. The second-order valence-corrected chi connectivity index (χ2v) is 8.24. The maximum atomic E-state index is 6.01. The minimum Gasteiger partial charge on any atom is -0.369 e. The molecule has 0 unspecified atom stereocenters. The highest BCUT2D eigenvalue weighted by atomic mass is 35.5. The quantitative estimate of drug-likeness (QED) is 0.767. The summed E-state index contributed by atoms with van der Waals surface area (Å²) in [6.45, 7) is 8.28. The Labute approximate surface area is 168 Å². The Morgan fingerprint density at radius 3 is 2.11 bits per heavy atom. The number of anilines is 1. The number of likely N-dealkylation sites (tertiary alicyclic amines) is 1.